The van der Waals surface area contributed by atoms with E-state index in [9.17, 15) is 4.79 Å². The molecule has 1 aliphatic carbocycles. The van der Waals surface area contributed by atoms with Crippen molar-refractivity contribution in [3.05, 3.63) is 95.1 Å². The summed E-state index contributed by atoms with van der Waals surface area (Å²) in [5, 5.41) is 3.26. The third-order valence-corrected chi connectivity index (χ3v) is 6.18. The maximum atomic E-state index is 13.7. The molecular formula is C27H29NO. The Bertz CT molecular complexity index is 971. The Hall–Kier alpha value is -2.87. The summed E-state index contributed by atoms with van der Waals surface area (Å²) in [6, 6.07) is 25.3. The number of fused-ring (bicyclic) bond motifs is 3. The Morgan fingerprint density at radius 1 is 0.862 bits per heavy atom. The molecule has 29 heavy (non-hydrogen) atoms. The Labute approximate surface area is 174 Å². The summed E-state index contributed by atoms with van der Waals surface area (Å²) in [6.45, 7) is 7.09. The number of hydrogen-bond donors (Lipinski definition) is 1. The van der Waals surface area contributed by atoms with Gasteiger partial charge in [0.15, 0.2) is 0 Å². The van der Waals surface area contributed by atoms with Crippen LogP contribution < -0.4 is 5.32 Å². The monoisotopic (exact) mass is 383 g/mol. The molecule has 0 aliphatic heterocycles. The van der Waals surface area contributed by atoms with Gasteiger partial charge in [-0.2, -0.15) is 0 Å². The SMILES string of the molecule is CCCC1(C(=O)NCc2ccc(C(C)C)cc2)c2ccccc2-c2ccccc21. The molecule has 0 bridgehead atoms. The Kier molecular flexibility index (Phi) is 5.27. The highest BCUT2D eigenvalue weighted by Gasteiger charge is 2.47. The molecule has 2 heteroatoms. The fraction of sp³-hybridized carbons (Fsp3) is 0.296. The molecule has 2 nitrogen and oxygen atoms in total. The van der Waals surface area contributed by atoms with E-state index >= 15 is 0 Å². The van der Waals surface area contributed by atoms with Crippen LogP contribution in [0.2, 0.25) is 0 Å². The standard InChI is InChI=1S/C27H29NO/c1-4-17-27(26(29)28-18-20-13-15-21(16-14-20)19(2)3)24-11-7-5-9-22(24)23-10-6-8-12-25(23)27/h5-16,19H,4,17-18H2,1-3H3,(H,28,29). The van der Waals surface area contributed by atoms with Crippen LogP contribution in [0.25, 0.3) is 11.1 Å². The lowest BCUT2D eigenvalue weighted by atomic mass is 9.73. The first-order valence-corrected chi connectivity index (χ1v) is 10.6. The molecule has 0 aromatic heterocycles. The topological polar surface area (TPSA) is 29.1 Å². The smallest absolute Gasteiger partial charge is 0.235 e. The lowest BCUT2D eigenvalue weighted by Crippen LogP contribution is -2.43. The molecule has 148 valence electrons. The summed E-state index contributed by atoms with van der Waals surface area (Å²) in [5.41, 5.74) is 6.49. The lowest BCUT2D eigenvalue weighted by Gasteiger charge is -2.30. The molecule has 0 atom stereocenters. The second kappa shape index (κ2) is 7.87. The van der Waals surface area contributed by atoms with Gasteiger partial charge in [-0.25, -0.2) is 0 Å². The highest BCUT2D eigenvalue weighted by Crippen LogP contribution is 2.51. The summed E-state index contributed by atoms with van der Waals surface area (Å²) in [5.74, 6) is 0.614. The largest absolute Gasteiger partial charge is 0.351 e. The van der Waals surface area contributed by atoms with Gasteiger partial charge < -0.3 is 5.32 Å². The predicted molar refractivity (Wildman–Crippen MR) is 120 cm³/mol. The average molecular weight is 384 g/mol. The van der Waals surface area contributed by atoms with Crippen molar-refractivity contribution in [1.82, 2.24) is 5.32 Å². The van der Waals surface area contributed by atoms with E-state index in [4.69, 9.17) is 0 Å². The van der Waals surface area contributed by atoms with E-state index in [-0.39, 0.29) is 5.91 Å². The van der Waals surface area contributed by atoms with Crippen molar-refractivity contribution in [1.29, 1.82) is 0 Å². The molecule has 0 saturated heterocycles. The van der Waals surface area contributed by atoms with E-state index in [0.29, 0.717) is 12.5 Å². The van der Waals surface area contributed by atoms with Crippen LogP contribution in [0.1, 0.15) is 61.8 Å². The van der Waals surface area contributed by atoms with Crippen LogP contribution in [-0.4, -0.2) is 5.91 Å². The van der Waals surface area contributed by atoms with E-state index in [0.717, 1.165) is 29.5 Å². The molecule has 0 saturated carbocycles. The number of carbonyl (C=O) groups is 1. The lowest BCUT2D eigenvalue weighted by molar-refractivity contribution is -0.125. The van der Waals surface area contributed by atoms with Crippen molar-refractivity contribution in [3.8, 4) is 11.1 Å². The van der Waals surface area contributed by atoms with E-state index in [1.54, 1.807) is 0 Å². The summed E-state index contributed by atoms with van der Waals surface area (Å²) < 4.78 is 0. The molecule has 3 aromatic rings. The molecule has 0 heterocycles. The van der Waals surface area contributed by atoms with Crippen molar-refractivity contribution in [2.24, 2.45) is 0 Å². The summed E-state index contributed by atoms with van der Waals surface area (Å²) in [6.07, 6.45) is 1.75. The van der Waals surface area contributed by atoms with Gasteiger partial charge in [0.2, 0.25) is 5.91 Å². The third-order valence-electron chi connectivity index (χ3n) is 6.18. The van der Waals surface area contributed by atoms with Gasteiger partial charge in [-0.15, -0.1) is 0 Å². The van der Waals surface area contributed by atoms with Crippen molar-refractivity contribution < 1.29 is 4.79 Å². The van der Waals surface area contributed by atoms with Gasteiger partial charge in [0.25, 0.3) is 0 Å². The fourth-order valence-electron chi connectivity index (χ4n) is 4.68. The number of amides is 1. The van der Waals surface area contributed by atoms with Crippen LogP contribution >= 0.6 is 0 Å². The van der Waals surface area contributed by atoms with Crippen LogP contribution in [0.5, 0.6) is 0 Å². The zero-order valence-corrected chi connectivity index (χ0v) is 17.5. The highest BCUT2D eigenvalue weighted by molar-refractivity contribution is 6.00. The zero-order chi connectivity index (χ0) is 20.4. The van der Waals surface area contributed by atoms with Crippen molar-refractivity contribution >= 4 is 5.91 Å². The molecule has 0 unspecified atom stereocenters. The number of hydrogen-bond acceptors (Lipinski definition) is 1. The molecule has 3 aromatic carbocycles. The van der Waals surface area contributed by atoms with Gasteiger partial charge in [-0.05, 0) is 45.7 Å². The highest BCUT2D eigenvalue weighted by atomic mass is 16.2. The quantitative estimate of drug-likeness (QED) is 0.540. The zero-order valence-electron chi connectivity index (χ0n) is 17.5. The molecule has 1 amide bonds. The first-order chi connectivity index (χ1) is 14.1. The average Bonchev–Trinajstić information content (AvgIpc) is 3.04. The van der Waals surface area contributed by atoms with Gasteiger partial charge in [-0.3, -0.25) is 4.79 Å². The molecular weight excluding hydrogens is 354 g/mol. The minimum Gasteiger partial charge on any atom is -0.351 e. The molecule has 0 radical (unpaired) electrons. The van der Waals surface area contributed by atoms with Crippen molar-refractivity contribution in [2.45, 2.75) is 51.5 Å². The number of nitrogens with one attached hydrogen (secondary N) is 1. The Morgan fingerprint density at radius 2 is 1.41 bits per heavy atom. The minimum atomic E-state index is -0.611. The van der Waals surface area contributed by atoms with Crippen LogP contribution in [0.15, 0.2) is 72.8 Å². The fourth-order valence-corrected chi connectivity index (χ4v) is 4.68. The predicted octanol–water partition coefficient (Wildman–Crippen LogP) is 6.19. The Morgan fingerprint density at radius 3 is 1.93 bits per heavy atom. The normalized spacial score (nSPS) is 13.8. The van der Waals surface area contributed by atoms with Gasteiger partial charge in [0.05, 0.1) is 0 Å². The van der Waals surface area contributed by atoms with Crippen LogP contribution in [0.4, 0.5) is 0 Å². The first kappa shape index (κ1) is 19.4. The van der Waals surface area contributed by atoms with Crippen molar-refractivity contribution in [3.63, 3.8) is 0 Å². The summed E-state index contributed by atoms with van der Waals surface area (Å²) >= 11 is 0. The molecule has 1 N–H and O–H groups in total. The minimum absolute atomic E-state index is 0.102. The second-order valence-electron chi connectivity index (χ2n) is 8.33. The van der Waals surface area contributed by atoms with Crippen LogP contribution in [0, 0.1) is 0 Å². The molecule has 1 aliphatic rings. The number of carbonyl (C=O) groups excluding carboxylic acids is 1. The van der Waals surface area contributed by atoms with Crippen LogP contribution in [-0.2, 0) is 16.8 Å². The summed E-state index contributed by atoms with van der Waals surface area (Å²) in [7, 11) is 0. The second-order valence-corrected chi connectivity index (χ2v) is 8.33. The van der Waals surface area contributed by atoms with Gasteiger partial charge in [0.1, 0.15) is 5.41 Å². The van der Waals surface area contributed by atoms with Gasteiger partial charge in [-0.1, -0.05) is 100.0 Å². The maximum absolute atomic E-state index is 13.7. The summed E-state index contributed by atoms with van der Waals surface area (Å²) in [4.78, 5) is 13.7. The molecule has 4 rings (SSSR count). The number of rotatable bonds is 6. The number of benzene rings is 3. The van der Waals surface area contributed by atoms with Crippen molar-refractivity contribution in [2.75, 3.05) is 0 Å². The van der Waals surface area contributed by atoms with E-state index < -0.39 is 5.41 Å². The Balaban J connectivity index is 1.67. The van der Waals surface area contributed by atoms with E-state index in [1.807, 2.05) is 12.1 Å². The third kappa shape index (κ3) is 3.27. The molecule has 0 spiro atoms. The maximum Gasteiger partial charge on any atom is 0.235 e. The first-order valence-electron chi connectivity index (χ1n) is 10.6. The van der Waals surface area contributed by atoms with Crippen LogP contribution in [0.3, 0.4) is 0 Å². The molecule has 0 fully saturated rings. The van der Waals surface area contributed by atoms with E-state index in [2.05, 4.69) is 86.8 Å². The van der Waals surface area contributed by atoms with Gasteiger partial charge >= 0.3 is 0 Å². The van der Waals surface area contributed by atoms with Gasteiger partial charge in [0, 0.05) is 6.54 Å². The van der Waals surface area contributed by atoms with E-state index in [1.165, 1.54) is 16.7 Å².